The predicted octanol–water partition coefficient (Wildman–Crippen LogP) is 5.25. The van der Waals surface area contributed by atoms with Crippen molar-refractivity contribution in [2.75, 3.05) is 11.1 Å². The van der Waals surface area contributed by atoms with Crippen molar-refractivity contribution in [1.29, 1.82) is 0 Å². The van der Waals surface area contributed by atoms with Crippen molar-refractivity contribution in [3.05, 3.63) is 89.8 Å². The lowest BCUT2D eigenvalue weighted by molar-refractivity contribution is 0.251. The van der Waals surface area contributed by atoms with Crippen LogP contribution >= 0.6 is 11.6 Å². The molecule has 0 fully saturated rings. The summed E-state index contributed by atoms with van der Waals surface area (Å²) in [7, 11) is 1.92. The summed E-state index contributed by atoms with van der Waals surface area (Å²) >= 11 is 6.55. The van der Waals surface area contributed by atoms with E-state index in [1.165, 1.54) is 0 Å². The van der Waals surface area contributed by atoms with Gasteiger partial charge in [-0.05, 0) is 29.8 Å². The van der Waals surface area contributed by atoms with Crippen LogP contribution in [0.1, 0.15) is 5.56 Å². The highest BCUT2D eigenvalue weighted by molar-refractivity contribution is 6.35. The number of anilines is 2. The number of amides is 2. The minimum atomic E-state index is -0.436. The van der Waals surface area contributed by atoms with E-state index in [2.05, 4.69) is 20.6 Å². The lowest BCUT2D eigenvalue weighted by Gasteiger charge is -2.15. The second kappa shape index (κ2) is 9.44. The average Bonchev–Trinajstić information content (AvgIpc) is 3.29. The van der Waals surface area contributed by atoms with Gasteiger partial charge < -0.3 is 15.6 Å². The molecule has 0 unspecified atom stereocenters. The first-order chi connectivity index (χ1) is 17.0. The second-order valence-electron chi connectivity index (χ2n) is 8.05. The standard InChI is InChI=1S/C26H22ClN7O/c1-34-11-9-16(15-34)14-30-26(35)33-25-24(28)31-22(17-6-3-2-4-7-17)23(32-25)19-12-18-8-5-10-29-21(18)20(27)13-19/h2-13,15H,14H2,1H3,(H2,28,31)(H2,30,32,33,35). The van der Waals surface area contributed by atoms with Gasteiger partial charge in [-0.3, -0.25) is 10.3 Å². The lowest BCUT2D eigenvalue weighted by Crippen LogP contribution is -2.29. The zero-order chi connectivity index (χ0) is 24.4. The van der Waals surface area contributed by atoms with Crippen LogP contribution in [0.5, 0.6) is 0 Å². The van der Waals surface area contributed by atoms with Gasteiger partial charge in [0.05, 0.1) is 21.9 Å². The van der Waals surface area contributed by atoms with Crippen LogP contribution in [0.15, 0.2) is 79.3 Å². The Morgan fingerprint density at radius 3 is 2.60 bits per heavy atom. The normalized spacial score (nSPS) is 10.9. The number of nitrogens with one attached hydrogen (secondary N) is 2. The summed E-state index contributed by atoms with van der Waals surface area (Å²) < 4.78 is 1.91. The first-order valence-corrected chi connectivity index (χ1v) is 11.3. The Morgan fingerprint density at radius 2 is 1.83 bits per heavy atom. The molecule has 0 saturated carbocycles. The van der Waals surface area contributed by atoms with Crippen molar-refractivity contribution in [2.24, 2.45) is 7.05 Å². The van der Waals surface area contributed by atoms with Crippen LogP contribution in [0.2, 0.25) is 5.02 Å². The summed E-state index contributed by atoms with van der Waals surface area (Å²) in [6, 6.07) is 18.6. The third-order valence-corrected chi connectivity index (χ3v) is 5.77. The highest BCUT2D eigenvalue weighted by atomic mass is 35.5. The quantitative estimate of drug-likeness (QED) is 0.316. The third kappa shape index (κ3) is 4.78. The molecule has 0 saturated heterocycles. The molecule has 0 spiro atoms. The molecule has 2 amide bonds. The van der Waals surface area contributed by atoms with Gasteiger partial charge in [0.1, 0.15) is 0 Å². The SMILES string of the molecule is Cn1ccc(CNC(=O)Nc2nc(-c3cc(Cl)c4ncccc4c3)c(-c3ccccc3)nc2N)c1. The monoisotopic (exact) mass is 483 g/mol. The molecule has 0 atom stereocenters. The van der Waals surface area contributed by atoms with Gasteiger partial charge in [0.25, 0.3) is 0 Å². The number of hydrogen-bond acceptors (Lipinski definition) is 5. The molecule has 0 radical (unpaired) electrons. The Hall–Kier alpha value is -4.43. The van der Waals surface area contributed by atoms with E-state index < -0.39 is 6.03 Å². The van der Waals surface area contributed by atoms with Crippen molar-refractivity contribution < 1.29 is 4.79 Å². The first-order valence-electron chi connectivity index (χ1n) is 10.9. The number of hydrogen-bond donors (Lipinski definition) is 3. The Balaban J connectivity index is 1.54. The molecule has 35 heavy (non-hydrogen) atoms. The summed E-state index contributed by atoms with van der Waals surface area (Å²) in [5, 5.41) is 6.89. The Morgan fingerprint density at radius 1 is 1.03 bits per heavy atom. The third-order valence-electron chi connectivity index (χ3n) is 5.48. The van der Waals surface area contributed by atoms with E-state index in [9.17, 15) is 4.79 Å². The van der Waals surface area contributed by atoms with Crippen molar-refractivity contribution >= 4 is 40.2 Å². The Kier molecular flexibility index (Phi) is 6.03. The fourth-order valence-corrected chi connectivity index (χ4v) is 4.10. The van der Waals surface area contributed by atoms with Crippen LogP contribution in [-0.4, -0.2) is 25.6 Å². The van der Waals surface area contributed by atoms with Gasteiger partial charge in [-0.25, -0.2) is 14.8 Å². The molecule has 9 heteroatoms. The summed E-state index contributed by atoms with van der Waals surface area (Å²) in [4.78, 5) is 26.3. The predicted molar refractivity (Wildman–Crippen MR) is 139 cm³/mol. The van der Waals surface area contributed by atoms with Gasteiger partial charge in [0, 0.05) is 48.7 Å². The maximum Gasteiger partial charge on any atom is 0.320 e. The number of halogens is 1. The molecule has 0 aliphatic heterocycles. The summed E-state index contributed by atoms with van der Waals surface area (Å²) in [6.45, 7) is 0.363. The molecule has 0 bridgehead atoms. The number of carbonyl (C=O) groups excluding carboxylic acids is 1. The van der Waals surface area contributed by atoms with Gasteiger partial charge in [0.2, 0.25) is 0 Å². The molecular weight excluding hydrogens is 462 g/mol. The number of carbonyl (C=O) groups is 1. The van der Waals surface area contributed by atoms with Crippen LogP contribution < -0.4 is 16.4 Å². The summed E-state index contributed by atoms with van der Waals surface area (Å²) in [6.07, 6.45) is 5.54. The van der Waals surface area contributed by atoms with Crippen molar-refractivity contribution in [2.45, 2.75) is 6.54 Å². The lowest BCUT2D eigenvalue weighted by atomic mass is 10.0. The van der Waals surface area contributed by atoms with Crippen LogP contribution in [0.3, 0.4) is 0 Å². The molecule has 4 N–H and O–H groups in total. The maximum absolute atomic E-state index is 12.6. The number of benzene rings is 2. The molecular formula is C26H22ClN7O. The van der Waals surface area contributed by atoms with Gasteiger partial charge in [-0.15, -0.1) is 0 Å². The number of nitrogen functional groups attached to an aromatic ring is 1. The molecule has 174 valence electrons. The van der Waals surface area contributed by atoms with Crippen molar-refractivity contribution in [3.8, 4) is 22.5 Å². The average molecular weight is 484 g/mol. The fourth-order valence-electron chi connectivity index (χ4n) is 3.82. The fraction of sp³-hybridized carbons (Fsp3) is 0.0769. The summed E-state index contributed by atoms with van der Waals surface area (Å²) in [5.41, 5.74) is 10.6. The van der Waals surface area contributed by atoms with E-state index in [4.69, 9.17) is 22.3 Å². The molecule has 3 aromatic heterocycles. The number of aromatic nitrogens is 4. The molecule has 0 aliphatic carbocycles. The summed E-state index contributed by atoms with van der Waals surface area (Å²) in [5.74, 6) is 0.267. The zero-order valence-corrected chi connectivity index (χ0v) is 19.6. The number of fused-ring (bicyclic) bond motifs is 1. The van der Waals surface area contributed by atoms with Gasteiger partial charge >= 0.3 is 6.03 Å². The minimum absolute atomic E-state index is 0.107. The van der Waals surface area contributed by atoms with Crippen molar-refractivity contribution in [3.63, 3.8) is 0 Å². The number of aryl methyl sites for hydroxylation is 1. The number of pyridine rings is 1. The van der Waals surface area contributed by atoms with E-state index >= 15 is 0 Å². The molecule has 5 rings (SSSR count). The number of rotatable bonds is 5. The topological polar surface area (TPSA) is 111 Å². The van der Waals surface area contributed by atoms with E-state index in [0.717, 1.165) is 22.1 Å². The Bertz CT molecular complexity index is 1530. The van der Waals surface area contributed by atoms with E-state index in [1.807, 2.05) is 78.6 Å². The minimum Gasteiger partial charge on any atom is -0.381 e. The molecule has 0 aliphatic rings. The number of urea groups is 1. The van der Waals surface area contributed by atoms with Gasteiger partial charge in [-0.1, -0.05) is 48.0 Å². The van der Waals surface area contributed by atoms with Gasteiger partial charge in [0.15, 0.2) is 11.6 Å². The highest BCUT2D eigenvalue weighted by Crippen LogP contribution is 2.35. The number of nitrogens with two attached hydrogens (primary N) is 1. The zero-order valence-electron chi connectivity index (χ0n) is 18.9. The molecule has 5 aromatic rings. The van der Waals surface area contributed by atoms with E-state index in [-0.39, 0.29) is 11.6 Å². The van der Waals surface area contributed by atoms with Gasteiger partial charge in [-0.2, -0.15) is 0 Å². The molecule has 8 nitrogen and oxygen atoms in total. The molecule has 3 heterocycles. The van der Waals surface area contributed by atoms with Crippen LogP contribution in [-0.2, 0) is 13.6 Å². The first kappa shape index (κ1) is 22.4. The molecule has 2 aromatic carbocycles. The Labute approximate surface area is 206 Å². The number of nitrogens with zero attached hydrogens (tertiary/aromatic N) is 4. The van der Waals surface area contributed by atoms with Crippen LogP contribution in [0, 0.1) is 0 Å². The van der Waals surface area contributed by atoms with E-state index in [1.54, 1.807) is 12.3 Å². The van der Waals surface area contributed by atoms with E-state index in [0.29, 0.717) is 28.5 Å². The van der Waals surface area contributed by atoms with Crippen LogP contribution in [0.4, 0.5) is 16.4 Å². The van der Waals surface area contributed by atoms with Crippen LogP contribution in [0.25, 0.3) is 33.4 Å². The van der Waals surface area contributed by atoms with Crippen molar-refractivity contribution in [1.82, 2.24) is 24.8 Å². The second-order valence-corrected chi connectivity index (χ2v) is 8.45. The smallest absolute Gasteiger partial charge is 0.320 e. The highest BCUT2D eigenvalue weighted by Gasteiger charge is 2.18. The largest absolute Gasteiger partial charge is 0.381 e. The maximum atomic E-state index is 12.6.